The van der Waals surface area contributed by atoms with Crippen LogP contribution in [0.2, 0.25) is 0 Å². The average Bonchev–Trinajstić information content (AvgIpc) is 3.08. The van der Waals surface area contributed by atoms with Crippen molar-refractivity contribution in [1.82, 2.24) is 15.7 Å². The zero-order chi connectivity index (χ0) is 21.8. The molecule has 0 spiro atoms. The minimum absolute atomic E-state index is 0.164. The molecule has 0 aliphatic carbocycles. The molecule has 3 amide bonds. The molecule has 0 unspecified atom stereocenters. The third-order valence-electron chi connectivity index (χ3n) is 4.70. The highest BCUT2D eigenvalue weighted by Crippen LogP contribution is 2.27. The third kappa shape index (κ3) is 4.54. The van der Waals surface area contributed by atoms with E-state index in [0.717, 1.165) is 11.1 Å². The van der Waals surface area contributed by atoms with Crippen molar-refractivity contribution >= 4 is 40.7 Å². The van der Waals surface area contributed by atoms with Crippen molar-refractivity contribution in [3.63, 3.8) is 0 Å². The van der Waals surface area contributed by atoms with Crippen molar-refractivity contribution < 1.29 is 24.2 Å². The number of carboxylic acid groups (broad SMARTS) is 1. The fourth-order valence-electron chi connectivity index (χ4n) is 3.30. The van der Waals surface area contributed by atoms with E-state index in [1.165, 1.54) is 12.3 Å². The number of hydrogen-bond donors (Lipinski definition) is 5. The monoisotopic (exact) mass is 421 g/mol. The van der Waals surface area contributed by atoms with Gasteiger partial charge >= 0.3 is 6.09 Å². The van der Waals surface area contributed by atoms with E-state index in [1.54, 1.807) is 12.3 Å². The lowest BCUT2D eigenvalue weighted by Crippen LogP contribution is -2.46. The summed E-state index contributed by atoms with van der Waals surface area (Å²) in [7, 11) is 0. The van der Waals surface area contributed by atoms with E-state index in [-0.39, 0.29) is 13.2 Å². The molecule has 5 N–H and O–H groups in total. The number of hydrazone groups is 1. The summed E-state index contributed by atoms with van der Waals surface area (Å²) in [4.78, 5) is 39.3. The van der Waals surface area contributed by atoms with Crippen LogP contribution >= 0.6 is 0 Å². The fraction of sp³-hybridized carbons (Fsp3) is 0.143. The molecule has 158 valence electrons. The molecule has 0 bridgehead atoms. The van der Waals surface area contributed by atoms with Crippen LogP contribution in [0.1, 0.15) is 21.5 Å². The first-order valence-corrected chi connectivity index (χ1v) is 9.42. The molecule has 10 nitrogen and oxygen atoms in total. The molecule has 0 saturated carbocycles. The number of H-pyrrole nitrogens is 1. The summed E-state index contributed by atoms with van der Waals surface area (Å²) in [5, 5.41) is 18.4. The lowest BCUT2D eigenvalue weighted by atomic mass is 10.1. The number of aromatic nitrogens is 1. The van der Waals surface area contributed by atoms with E-state index in [4.69, 9.17) is 9.84 Å². The van der Waals surface area contributed by atoms with Gasteiger partial charge in [0.2, 0.25) is 5.91 Å². The van der Waals surface area contributed by atoms with Gasteiger partial charge in [-0.3, -0.25) is 9.59 Å². The van der Waals surface area contributed by atoms with Crippen LogP contribution in [0.5, 0.6) is 0 Å². The molecule has 1 aliphatic rings. The molecule has 1 aromatic heterocycles. The highest BCUT2D eigenvalue weighted by molar-refractivity contribution is 6.15. The Morgan fingerprint density at radius 3 is 2.77 bits per heavy atom. The topological polar surface area (TPSA) is 145 Å². The minimum Gasteiger partial charge on any atom is -0.465 e. The van der Waals surface area contributed by atoms with Gasteiger partial charge in [-0.1, -0.05) is 30.3 Å². The lowest BCUT2D eigenvalue weighted by Gasteiger charge is -2.17. The molecule has 0 fully saturated rings. The second kappa shape index (κ2) is 8.67. The molecule has 4 rings (SSSR count). The third-order valence-corrected chi connectivity index (χ3v) is 4.70. The lowest BCUT2D eigenvalue weighted by molar-refractivity contribution is -0.119. The van der Waals surface area contributed by atoms with Gasteiger partial charge in [0.1, 0.15) is 6.04 Å². The van der Waals surface area contributed by atoms with Crippen molar-refractivity contribution in [1.29, 1.82) is 0 Å². The van der Waals surface area contributed by atoms with E-state index < -0.39 is 23.9 Å². The number of ether oxygens (including phenoxy) is 1. The first-order valence-electron chi connectivity index (χ1n) is 9.42. The van der Waals surface area contributed by atoms with Crippen molar-refractivity contribution in [3.05, 3.63) is 65.4 Å². The van der Waals surface area contributed by atoms with Gasteiger partial charge < -0.3 is 25.5 Å². The number of anilines is 1. The van der Waals surface area contributed by atoms with Crippen LogP contribution in [-0.4, -0.2) is 46.9 Å². The number of nitrogens with zero attached hydrogens (tertiary/aromatic N) is 1. The van der Waals surface area contributed by atoms with E-state index in [9.17, 15) is 14.4 Å². The van der Waals surface area contributed by atoms with Crippen molar-refractivity contribution in [2.24, 2.45) is 5.10 Å². The van der Waals surface area contributed by atoms with Crippen LogP contribution in [0.3, 0.4) is 0 Å². The largest absolute Gasteiger partial charge is 0.465 e. The second-order valence-electron chi connectivity index (χ2n) is 6.88. The van der Waals surface area contributed by atoms with Crippen LogP contribution in [0.25, 0.3) is 10.9 Å². The second-order valence-corrected chi connectivity index (χ2v) is 6.88. The molecule has 2 aromatic carbocycles. The average molecular weight is 421 g/mol. The molecular weight excluding hydrogens is 402 g/mol. The maximum atomic E-state index is 12.7. The van der Waals surface area contributed by atoms with Crippen LogP contribution in [0.15, 0.2) is 53.8 Å². The zero-order valence-corrected chi connectivity index (χ0v) is 16.2. The smallest absolute Gasteiger partial charge is 0.405 e. The predicted octanol–water partition coefficient (Wildman–Crippen LogP) is 2.04. The first kappa shape index (κ1) is 20.1. The molecule has 2 heterocycles. The summed E-state index contributed by atoms with van der Waals surface area (Å²) < 4.78 is 5.53. The normalized spacial score (nSPS) is 13.4. The molecule has 3 aromatic rings. The number of rotatable bonds is 7. The van der Waals surface area contributed by atoms with Gasteiger partial charge in [-0.15, -0.1) is 0 Å². The minimum atomic E-state index is -1.35. The molecule has 0 saturated heterocycles. The SMILES string of the molecule is O=C(O)N[C@H](COCc1ccccc1)C(=O)Nc1cc2c3c(c[nH]c3c1)C=NNC2=O. The number of aromatic amines is 1. The summed E-state index contributed by atoms with van der Waals surface area (Å²) in [6.07, 6.45) is 1.88. The quantitative estimate of drug-likeness (QED) is 0.396. The molecule has 1 atom stereocenters. The van der Waals surface area contributed by atoms with Gasteiger partial charge in [-0.2, -0.15) is 5.10 Å². The Hall–Kier alpha value is -4.18. The molecule has 31 heavy (non-hydrogen) atoms. The number of hydrogen-bond acceptors (Lipinski definition) is 5. The van der Waals surface area contributed by atoms with Gasteiger partial charge in [0, 0.05) is 28.4 Å². The highest BCUT2D eigenvalue weighted by atomic mass is 16.5. The Balaban J connectivity index is 1.50. The summed E-state index contributed by atoms with van der Waals surface area (Å²) in [5.41, 5.74) is 5.34. The standard InChI is InChI=1S/C21H19N5O5/c27-19-15-6-14(7-16-18(15)13(8-22-16)9-23-26-19)24-20(28)17(25-21(29)30)11-31-10-12-4-2-1-3-5-12/h1-9,17,22,25H,10-11H2,(H,24,28)(H,26,27)(H,29,30)/t17-/m1/s1. The Morgan fingerprint density at radius 1 is 1.19 bits per heavy atom. The highest BCUT2D eigenvalue weighted by Gasteiger charge is 2.23. The Morgan fingerprint density at radius 2 is 2.00 bits per heavy atom. The Kier molecular flexibility index (Phi) is 5.63. The maximum Gasteiger partial charge on any atom is 0.405 e. The van der Waals surface area contributed by atoms with E-state index >= 15 is 0 Å². The summed E-state index contributed by atoms with van der Waals surface area (Å²) in [6, 6.07) is 11.3. The first-order chi connectivity index (χ1) is 15.0. The molecule has 10 heteroatoms. The number of benzene rings is 2. The van der Waals surface area contributed by atoms with Crippen molar-refractivity contribution in [2.75, 3.05) is 11.9 Å². The van der Waals surface area contributed by atoms with E-state index in [1.807, 2.05) is 30.3 Å². The summed E-state index contributed by atoms with van der Waals surface area (Å²) >= 11 is 0. The zero-order valence-electron chi connectivity index (χ0n) is 16.2. The predicted molar refractivity (Wildman–Crippen MR) is 113 cm³/mol. The number of nitrogens with one attached hydrogen (secondary N) is 4. The van der Waals surface area contributed by atoms with Crippen molar-refractivity contribution in [3.8, 4) is 0 Å². The number of amides is 3. The maximum absolute atomic E-state index is 12.7. The van der Waals surface area contributed by atoms with Gasteiger partial charge in [-0.05, 0) is 17.7 Å². The summed E-state index contributed by atoms with van der Waals surface area (Å²) in [6.45, 7) is 0.0660. The van der Waals surface area contributed by atoms with Crippen molar-refractivity contribution in [2.45, 2.75) is 12.6 Å². The molecular formula is C21H19N5O5. The van der Waals surface area contributed by atoms with Crippen LogP contribution in [-0.2, 0) is 16.1 Å². The van der Waals surface area contributed by atoms with Gasteiger partial charge in [-0.25, -0.2) is 10.2 Å². The van der Waals surface area contributed by atoms with Crippen LogP contribution < -0.4 is 16.1 Å². The van der Waals surface area contributed by atoms with Crippen LogP contribution in [0.4, 0.5) is 10.5 Å². The molecule has 1 aliphatic heterocycles. The van der Waals surface area contributed by atoms with Gasteiger partial charge in [0.25, 0.3) is 5.91 Å². The van der Waals surface area contributed by atoms with Gasteiger partial charge in [0.05, 0.1) is 25.0 Å². The Labute approximate surface area is 176 Å². The fourth-order valence-corrected chi connectivity index (χ4v) is 3.30. The Bertz CT molecular complexity index is 1170. The van der Waals surface area contributed by atoms with E-state index in [0.29, 0.717) is 22.2 Å². The van der Waals surface area contributed by atoms with E-state index in [2.05, 4.69) is 26.1 Å². The van der Waals surface area contributed by atoms with Crippen LogP contribution in [0, 0.1) is 0 Å². The number of carbonyl (C=O) groups excluding carboxylic acids is 2. The number of carbonyl (C=O) groups is 3. The molecule has 0 radical (unpaired) electrons. The summed E-state index contributed by atoms with van der Waals surface area (Å²) in [5.74, 6) is -1.03. The van der Waals surface area contributed by atoms with Gasteiger partial charge in [0.15, 0.2) is 0 Å².